The summed E-state index contributed by atoms with van der Waals surface area (Å²) in [7, 11) is 0. The van der Waals surface area contributed by atoms with E-state index in [0.717, 1.165) is 16.6 Å². The van der Waals surface area contributed by atoms with Gasteiger partial charge in [0.1, 0.15) is 5.82 Å². The number of hydrogen-bond acceptors (Lipinski definition) is 2. The van der Waals surface area contributed by atoms with Crippen molar-refractivity contribution in [2.75, 3.05) is 0 Å². The lowest BCUT2D eigenvalue weighted by Gasteiger charge is -2.13. The molecule has 0 radical (unpaired) electrons. The van der Waals surface area contributed by atoms with Crippen molar-refractivity contribution in [1.29, 1.82) is 0 Å². The molecule has 4 heteroatoms. The van der Waals surface area contributed by atoms with Crippen LogP contribution >= 0.6 is 15.9 Å². The first kappa shape index (κ1) is 13.2. The Bertz CT molecular complexity index is 516. The van der Waals surface area contributed by atoms with Crippen LogP contribution < -0.4 is 5.73 Å². The van der Waals surface area contributed by atoms with E-state index in [1.807, 2.05) is 18.2 Å². The maximum absolute atomic E-state index is 13.6. The highest BCUT2D eigenvalue weighted by Gasteiger charge is 2.12. The Kier molecular flexibility index (Phi) is 4.44. The molecule has 2 N–H and O–H groups in total. The van der Waals surface area contributed by atoms with Crippen molar-refractivity contribution in [1.82, 2.24) is 4.98 Å². The monoisotopic (exact) mass is 308 g/mol. The van der Waals surface area contributed by atoms with E-state index in [-0.39, 0.29) is 11.9 Å². The van der Waals surface area contributed by atoms with E-state index >= 15 is 0 Å². The summed E-state index contributed by atoms with van der Waals surface area (Å²) in [4.78, 5) is 4.23. The summed E-state index contributed by atoms with van der Waals surface area (Å²) in [5.74, 6) is -0.258. The SMILES string of the molecule is NC(CCc1ccccn1)c1cc(Br)ccc1F. The van der Waals surface area contributed by atoms with Crippen molar-refractivity contribution in [2.24, 2.45) is 5.73 Å². The second kappa shape index (κ2) is 6.07. The molecule has 0 aliphatic carbocycles. The molecular weight excluding hydrogens is 295 g/mol. The number of nitrogens with two attached hydrogens (primary N) is 1. The van der Waals surface area contributed by atoms with E-state index in [1.54, 1.807) is 18.3 Å². The summed E-state index contributed by atoms with van der Waals surface area (Å²) in [6.07, 6.45) is 3.17. The van der Waals surface area contributed by atoms with Crippen molar-refractivity contribution in [3.8, 4) is 0 Å². The summed E-state index contributed by atoms with van der Waals surface area (Å²) >= 11 is 3.33. The predicted molar refractivity (Wildman–Crippen MR) is 73.6 cm³/mol. The van der Waals surface area contributed by atoms with Crippen LogP contribution in [-0.4, -0.2) is 4.98 Å². The van der Waals surface area contributed by atoms with Crippen molar-refractivity contribution in [2.45, 2.75) is 18.9 Å². The molecule has 2 nitrogen and oxygen atoms in total. The third-order valence-electron chi connectivity index (χ3n) is 2.80. The highest BCUT2D eigenvalue weighted by molar-refractivity contribution is 9.10. The first-order valence-corrected chi connectivity index (χ1v) is 6.56. The van der Waals surface area contributed by atoms with Gasteiger partial charge in [-0.2, -0.15) is 0 Å². The smallest absolute Gasteiger partial charge is 0.128 e. The van der Waals surface area contributed by atoms with Crippen LogP contribution in [0.1, 0.15) is 23.7 Å². The largest absolute Gasteiger partial charge is 0.324 e. The van der Waals surface area contributed by atoms with Gasteiger partial charge in [-0.3, -0.25) is 4.98 Å². The minimum Gasteiger partial charge on any atom is -0.324 e. The van der Waals surface area contributed by atoms with Crippen LogP contribution in [0.15, 0.2) is 47.1 Å². The van der Waals surface area contributed by atoms with Gasteiger partial charge in [0.15, 0.2) is 0 Å². The van der Waals surface area contributed by atoms with E-state index < -0.39 is 0 Å². The zero-order valence-corrected chi connectivity index (χ0v) is 11.4. The van der Waals surface area contributed by atoms with Gasteiger partial charge in [0.2, 0.25) is 0 Å². The van der Waals surface area contributed by atoms with E-state index in [0.29, 0.717) is 12.0 Å². The average Bonchev–Trinajstić information content (AvgIpc) is 2.40. The Labute approximate surface area is 114 Å². The van der Waals surface area contributed by atoms with Crippen LogP contribution in [0.25, 0.3) is 0 Å². The van der Waals surface area contributed by atoms with Crippen LogP contribution in [-0.2, 0) is 6.42 Å². The fourth-order valence-corrected chi connectivity index (χ4v) is 2.18. The molecule has 2 rings (SSSR count). The van der Waals surface area contributed by atoms with Crippen LogP contribution in [0, 0.1) is 5.82 Å². The standard InChI is InChI=1S/C14H14BrFN2/c15-10-4-6-13(16)12(9-10)14(17)7-5-11-3-1-2-8-18-11/h1-4,6,8-9,14H,5,7,17H2. The van der Waals surface area contributed by atoms with Gasteiger partial charge in [0.25, 0.3) is 0 Å². The molecule has 18 heavy (non-hydrogen) atoms. The summed E-state index contributed by atoms with van der Waals surface area (Å²) in [5.41, 5.74) is 7.54. The van der Waals surface area contributed by atoms with Gasteiger partial charge < -0.3 is 5.73 Å². The highest BCUT2D eigenvalue weighted by Crippen LogP contribution is 2.23. The molecule has 1 atom stereocenters. The number of aryl methyl sites for hydroxylation is 1. The zero-order chi connectivity index (χ0) is 13.0. The Morgan fingerprint density at radius 2 is 2.11 bits per heavy atom. The minimum absolute atomic E-state index is 0.258. The molecule has 0 amide bonds. The second-order valence-electron chi connectivity index (χ2n) is 4.13. The van der Waals surface area contributed by atoms with Gasteiger partial charge in [-0.15, -0.1) is 0 Å². The molecule has 0 aliphatic heterocycles. The van der Waals surface area contributed by atoms with Gasteiger partial charge in [0.05, 0.1) is 0 Å². The quantitative estimate of drug-likeness (QED) is 0.937. The summed E-state index contributed by atoms with van der Waals surface area (Å²) in [6, 6.07) is 10.3. The lowest BCUT2D eigenvalue weighted by Crippen LogP contribution is -2.13. The number of pyridine rings is 1. The first-order chi connectivity index (χ1) is 8.66. The topological polar surface area (TPSA) is 38.9 Å². The van der Waals surface area contributed by atoms with Crippen LogP contribution in [0.5, 0.6) is 0 Å². The molecule has 0 saturated heterocycles. The molecule has 1 unspecified atom stereocenters. The fraction of sp³-hybridized carbons (Fsp3) is 0.214. The van der Waals surface area contributed by atoms with Crippen LogP contribution in [0.3, 0.4) is 0 Å². The summed E-state index contributed by atoms with van der Waals surface area (Å²) in [5, 5.41) is 0. The molecule has 0 saturated carbocycles. The third kappa shape index (κ3) is 3.37. The molecule has 94 valence electrons. The molecular formula is C14H14BrFN2. The van der Waals surface area contributed by atoms with E-state index in [9.17, 15) is 4.39 Å². The van der Waals surface area contributed by atoms with E-state index in [4.69, 9.17) is 5.73 Å². The molecule has 0 fully saturated rings. The number of rotatable bonds is 4. The normalized spacial score (nSPS) is 12.4. The molecule has 0 aliphatic rings. The van der Waals surface area contributed by atoms with Gasteiger partial charge in [-0.25, -0.2) is 4.39 Å². The average molecular weight is 309 g/mol. The molecule has 1 aromatic carbocycles. The van der Waals surface area contributed by atoms with Gasteiger partial charge in [-0.1, -0.05) is 22.0 Å². The van der Waals surface area contributed by atoms with E-state index in [1.165, 1.54) is 6.07 Å². The van der Waals surface area contributed by atoms with Crippen molar-refractivity contribution >= 4 is 15.9 Å². The highest BCUT2D eigenvalue weighted by atomic mass is 79.9. The van der Waals surface area contributed by atoms with E-state index in [2.05, 4.69) is 20.9 Å². The zero-order valence-electron chi connectivity index (χ0n) is 9.81. The predicted octanol–water partition coefficient (Wildman–Crippen LogP) is 3.62. The number of hydrogen-bond donors (Lipinski definition) is 1. The Morgan fingerprint density at radius 1 is 1.28 bits per heavy atom. The van der Waals surface area contributed by atoms with Crippen molar-refractivity contribution in [3.63, 3.8) is 0 Å². The minimum atomic E-state index is -0.315. The van der Waals surface area contributed by atoms with Crippen LogP contribution in [0.4, 0.5) is 4.39 Å². The third-order valence-corrected chi connectivity index (χ3v) is 3.29. The lowest BCUT2D eigenvalue weighted by molar-refractivity contribution is 0.561. The molecule has 0 spiro atoms. The Hall–Kier alpha value is -1.26. The van der Waals surface area contributed by atoms with Gasteiger partial charge >= 0.3 is 0 Å². The molecule has 0 bridgehead atoms. The molecule has 1 aromatic heterocycles. The fourth-order valence-electron chi connectivity index (χ4n) is 1.80. The summed E-state index contributed by atoms with van der Waals surface area (Å²) < 4.78 is 14.5. The number of aromatic nitrogens is 1. The molecule has 1 heterocycles. The maximum Gasteiger partial charge on any atom is 0.128 e. The van der Waals surface area contributed by atoms with Crippen molar-refractivity contribution < 1.29 is 4.39 Å². The van der Waals surface area contributed by atoms with Gasteiger partial charge in [0, 0.05) is 28.0 Å². The first-order valence-electron chi connectivity index (χ1n) is 5.77. The lowest BCUT2D eigenvalue weighted by atomic mass is 10.0. The second-order valence-corrected chi connectivity index (χ2v) is 5.05. The molecule has 2 aromatic rings. The number of benzene rings is 1. The van der Waals surface area contributed by atoms with Gasteiger partial charge in [-0.05, 0) is 43.2 Å². The Morgan fingerprint density at radius 3 is 2.83 bits per heavy atom. The van der Waals surface area contributed by atoms with Crippen molar-refractivity contribution in [3.05, 3.63) is 64.1 Å². The maximum atomic E-state index is 13.6. The van der Waals surface area contributed by atoms with Crippen LogP contribution in [0.2, 0.25) is 0 Å². The number of halogens is 2. The summed E-state index contributed by atoms with van der Waals surface area (Å²) in [6.45, 7) is 0. The number of nitrogens with zero attached hydrogens (tertiary/aromatic N) is 1. The Balaban J connectivity index is 2.03.